The Morgan fingerprint density at radius 3 is 2.56 bits per heavy atom. The van der Waals surface area contributed by atoms with Gasteiger partial charge in [0.2, 0.25) is 0 Å². The minimum atomic E-state index is 0. The first-order chi connectivity index (χ1) is 7.24. The van der Waals surface area contributed by atoms with E-state index in [9.17, 15) is 0 Å². The first-order valence-corrected chi connectivity index (χ1v) is 5.59. The molecule has 1 aromatic rings. The quantitative estimate of drug-likeness (QED) is 0.776. The second-order valence-electron chi connectivity index (χ2n) is 4.02. The summed E-state index contributed by atoms with van der Waals surface area (Å²) in [7, 11) is 1.73. The van der Waals surface area contributed by atoms with Crippen LogP contribution in [0.25, 0.3) is 0 Å². The third kappa shape index (κ3) is 5.38. The fourth-order valence-electron chi connectivity index (χ4n) is 1.58. The molecule has 1 N–H and O–H groups in total. The largest absolute Gasteiger partial charge is 0.496 e. The Morgan fingerprint density at radius 1 is 1.25 bits per heavy atom. The molecule has 0 bridgehead atoms. The van der Waals surface area contributed by atoms with Crippen LogP contribution >= 0.6 is 12.4 Å². The third-order valence-corrected chi connectivity index (χ3v) is 2.37. The molecule has 0 saturated carbocycles. The molecule has 0 spiro atoms. The zero-order chi connectivity index (χ0) is 11.1. The summed E-state index contributed by atoms with van der Waals surface area (Å²) >= 11 is 0. The summed E-state index contributed by atoms with van der Waals surface area (Å²) in [6, 6.07) is 8.80. The molecule has 0 amide bonds. The van der Waals surface area contributed by atoms with E-state index in [0.29, 0.717) is 6.04 Å². The Balaban J connectivity index is 0.00000225. The van der Waals surface area contributed by atoms with E-state index in [1.54, 1.807) is 7.11 Å². The van der Waals surface area contributed by atoms with Crippen LogP contribution in [0.4, 0.5) is 0 Å². The fraction of sp³-hybridized carbons (Fsp3) is 0.538. The molecule has 0 fully saturated rings. The van der Waals surface area contributed by atoms with Crippen molar-refractivity contribution in [1.82, 2.24) is 5.32 Å². The summed E-state index contributed by atoms with van der Waals surface area (Å²) in [5.41, 5.74) is 1.30. The first kappa shape index (κ1) is 15.3. The first-order valence-electron chi connectivity index (χ1n) is 5.59. The maximum atomic E-state index is 5.30. The van der Waals surface area contributed by atoms with Gasteiger partial charge in [0.1, 0.15) is 5.75 Å². The molecule has 92 valence electrons. The maximum absolute atomic E-state index is 5.30. The van der Waals surface area contributed by atoms with Gasteiger partial charge in [0, 0.05) is 6.04 Å². The van der Waals surface area contributed by atoms with Crippen molar-refractivity contribution >= 4 is 12.4 Å². The molecule has 1 aromatic carbocycles. The Bertz CT molecular complexity index is 289. The number of hydrogen-bond acceptors (Lipinski definition) is 2. The summed E-state index contributed by atoms with van der Waals surface area (Å²) in [5, 5.41) is 3.41. The molecule has 0 atom stereocenters. The highest BCUT2D eigenvalue weighted by Crippen LogP contribution is 2.18. The van der Waals surface area contributed by atoms with Crippen molar-refractivity contribution in [3.8, 4) is 5.75 Å². The Kier molecular flexibility index (Phi) is 8.04. The number of methoxy groups -OCH3 is 1. The molecular weight excluding hydrogens is 222 g/mol. The van der Waals surface area contributed by atoms with Crippen LogP contribution < -0.4 is 10.1 Å². The highest BCUT2D eigenvalue weighted by molar-refractivity contribution is 5.85. The van der Waals surface area contributed by atoms with Crippen molar-refractivity contribution in [2.24, 2.45) is 0 Å². The van der Waals surface area contributed by atoms with E-state index < -0.39 is 0 Å². The number of aryl methyl sites for hydroxylation is 1. The van der Waals surface area contributed by atoms with Gasteiger partial charge in [-0.1, -0.05) is 32.0 Å². The smallest absolute Gasteiger partial charge is 0.122 e. The highest BCUT2D eigenvalue weighted by atomic mass is 35.5. The molecule has 0 radical (unpaired) electrons. The van der Waals surface area contributed by atoms with Gasteiger partial charge in [-0.2, -0.15) is 0 Å². The Hall–Kier alpha value is -0.730. The van der Waals surface area contributed by atoms with Gasteiger partial charge in [-0.15, -0.1) is 12.4 Å². The van der Waals surface area contributed by atoms with Crippen molar-refractivity contribution in [2.45, 2.75) is 32.7 Å². The van der Waals surface area contributed by atoms with Crippen LogP contribution in [0.2, 0.25) is 0 Å². The van der Waals surface area contributed by atoms with Crippen LogP contribution in [0.5, 0.6) is 5.75 Å². The predicted octanol–water partition coefficient (Wildman–Crippen LogP) is 3.05. The number of nitrogens with one attached hydrogen (secondary N) is 1. The predicted molar refractivity (Wildman–Crippen MR) is 71.7 cm³/mol. The molecule has 0 aliphatic rings. The minimum absolute atomic E-state index is 0. The molecule has 0 heterocycles. The fourth-order valence-corrected chi connectivity index (χ4v) is 1.58. The average Bonchev–Trinajstić information content (AvgIpc) is 2.24. The van der Waals surface area contributed by atoms with Crippen molar-refractivity contribution in [3.05, 3.63) is 29.8 Å². The van der Waals surface area contributed by atoms with Gasteiger partial charge in [0.05, 0.1) is 7.11 Å². The van der Waals surface area contributed by atoms with Gasteiger partial charge in [-0.25, -0.2) is 0 Å². The summed E-state index contributed by atoms with van der Waals surface area (Å²) in [4.78, 5) is 0. The van der Waals surface area contributed by atoms with Crippen LogP contribution in [-0.2, 0) is 6.42 Å². The molecule has 0 aliphatic carbocycles. The summed E-state index contributed by atoms with van der Waals surface area (Å²) in [5.74, 6) is 1.00. The summed E-state index contributed by atoms with van der Waals surface area (Å²) in [6.07, 6.45) is 2.22. The van der Waals surface area contributed by atoms with Gasteiger partial charge in [0.15, 0.2) is 0 Å². The summed E-state index contributed by atoms with van der Waals surface area (Å²) < 4.78 is 5.30. The Morgan fingerprint density at radius 2 is 1.94 bits per heavy atom. The van der Waals surface area contributed by atoms with Crippen LogP contribution in [-0.4, -0.2) is 19.7 Å². The maximum Gasteiger partial charge on any atom is 0.122 e. The molecule has 0 unspecified atom stereocenters. The van der Waals surface area contributed by atoms with Crippen molar-refractivity contribution in [1.29, 1.82) is 0 Å². The van der Waals surface area contributed by atoms with Crippen LogP contribution in [0.15, 0.2) is 24.3 Å². The van der Waals surface area contributed by atoms with Crippen LogP contribution in [0.1, 0.15) is 25.8 Å². The second-order valence-corrected chi connectivity index (χ2v) is 4.02. The second kappa shape index (κ2) is 8.43. The van der Waals surface area contributed by atoms with E-state index in [-0.39, 0.29) is 12.4 Å². The minimum Gasteiger partial charge on any atom is -0.496 e. The van der Waals surface area contributed by atoms with Gasteiger partial charge in [-0.05, 0) is 31.0 Å². The standard InChI is InChI=1S/C13H21NO.ClH/c1-11(2)14-10-6-8-12-7-4-5-9-13(12)15-3;/h4-5,7,9,11,14H,6,8,10H2,1-3H3;1H. The van der Waals surface area contributed by atoms with E-state index >= 15 is 0 Å². The highest BCUT2D eigenvalue weighted by Gasteiger charge is 2.00. The lowest BCUT2D eigenvalue weighted by atomic mass is 10.1. The van der Waals surface area contributed by atoms with Gasteiger partial charge in [0.25, 0.3) is 0 Å². The SMILES string of the molecule is COc1ccccc1CCCNC(C)C.Cl. The third-order valence-electron chi connectivity index (χ3n) is 2.37. The molecular formula is C13H22ClNO. The lowest BCUT2D eigenvalue weighted by Gasteiger charge is -2.10. The molecule has 0 saturated heterocycles. The van der Waals surface area contributed by atoms with E-state index in [1.807, 2.05) is 12.1 Å². The van der Waals surface area contributed by atoms with E-state index in [1.165, 1.54) is 5.56 Å². The zero-order valence-electron chi connectivity index (χ0n) is 10.3. The lowest BCUT2D eigenvalue weighted by Crippen LogP contribution is -2.23. The van der Waals surface area contributed by atoms with Crippen LogP contribution in [0.3, 0.4) is 0 Å². The van der Waals surface area contributed by atoms with E-state index in [0.717, 1.165) is 25.1 Å². The van der Waals surface area contributed by atoms with Crippen LogP contribution in [0, 0.1) is 0 Å². The molecule has 3 heteroatoms. The number of hydrogen-bond donors (Lipinski definition) is 1. The molecule has 1 rings (SSSR count). The molecule has 16 heavy (non-hydrogen) atoms. The number of halogens is 1. The van der Waals surface area contributed by atoms with Crippen molar-refractivity contribution < 1.29 is 4.74 Å². The normalized spacial score (nSPS) is 10.0. The van der Waals surface area contributed by atoms with E-state index in [4.69, 9.17) is 4.74 Å². The number of ether oxygens (including phenoxy) is 1. The van der Waals surface area contributed by atoms with E-state index in [2.05, 4.69) is 31.3 Å². The molecule has 2 nitrogen and oxygen atoms in total. The van der Waals surface area contributed by atoms with Crippen molar-refractivity contribution in [3.63, 3.8) is 0 Å². The van der Waals surface area contributed by atoms with Gasteiger partial charge >= 0.3 is 0 Å². The van der Waals surface area contributed by atoms with Crippen molar-refractivity contribution in [2.75, 3.05) is 13.7 Å². The summed E-state index contributed by atoms with van der Waals surface area (Å²) in [6.45, 7) is 5.40. The Labute approximate surface area is 105 Å². The number of benzene rings is 1. The van der Waals surface area contributed by atoms with Gasteiger partial charge < -0.3 is 10.1 Å². The average molecular weight is 244 g/mol. The number of rotatable bonds is 6. The molecule has 0 aromatic heterocycles. The number of para-hydroxylation sites is 1. The molecule has 0 aliphatic heterocycles. The van der Waals surface area contributed by atoms with Gasteiger partial charge in [-0.3, -0.25) is 0 Å². The zero-order valence-corrected chi connectivity index (χ0v) is 11.1. The monoisotopic (exact) mass is 243 g/mol. The lowest BCUT2D eigenvalue weighted by molar-refractivity contribution is 0.408. The topological polar surface area (TPSA) is 21.3 Å².